The van der Waals surface area contributed by atoms with Gasteiger partial charge >= 0.3 is 0 Å². The van der Waals surface area contributed by atoms with Gasteiger partial charge in [-0.15, -0.1) is 0 Å². The van der Waals surface area contributed by atoms with E-state index in [1.807, 2.05) is 0 Å². The molecule has 1 N–H and O–H groups in total. The van der Waals surface area contributed by atoms with Gasteiger partial charge in [-0.25, -0.2) is 0 Å². The molecule has 116 valence electrons. The van der Waals surface area contributed by atoms with E-state index in [-0.39, 0.29) is 17.1 Å². The van der Waals surface area contributed by atoms with Crippen molar-refractivity contribution >= 4 is 17.2 Å². The van der Waals surface area contributed by atoms with Crippen LogP contribution in [0.25, 0.3) is 0 Å². The number of nitrogens with one attached hydrogen (secondary N) is 1. The number of rotatable bonds is 5. The number of thiophene rings is 1. The van der Waals surface area contributed by atoms with Crippen molar-refractivity contribution in [1.29, 1.82) is 0 Å². The van der Waals surface area contributed by atoms with Gasteiger partial charge in [-0.3, -0.25) is 10.1 Å². The Kier molecular flexibility index (Phi) is 3.62. The maximum absolute atomic E-state index is 12.8. The lowest BCUT2D eigenvalue weighted by Gasteiger charge is -2.35. The van der Waals surface area contributed by atoms with E-state index in [9.17, 15) is 4.79 Å². The fourth-order valence-corrected chi connectivity index (χ4v) is 4.18. The molecule has 3 rings (SSSR count). The minimum absolute atomic E-state index is 0.0488. The Labute approximate surface area is 131 Å². The molecular weight excluding hydrogens is 282 g/mol. The Hall–Kier alpha value is -0.910. The fourth-order valence-electron chi connectivity index (χ4n) is 3.50. The average Bonchev–Trinajstić information content (AvgIpc) is 2.85. The Morgan fingerprint density at radius 1 is 1.48 bits per heavy atom. The van der Waals surface area contributed by atoms with Gasteiger partial charge in [0.1, 0.15) is 11.7 Å². The molecule has 2 fully saturated rings. The quantitative estimate of drug-likeness (QED) is 0.906. The number of hydrogen-bond donors (Lipinski definition) is 1. The summed E-state index contributed by atoms with van der Waals surface area (Å²) in [7, 11) is 4.18. The summed E-state index contributed by atoms with van der Waals surface area (Å²) in [5.74, 6) is 0.297. The lowest BCUT2D eigenvalue weighted by molar-refractivity contribution is -0.132. The molecule has 1 saturated heterocycles. The maximum atomic E-state index is 12.8. The molecule has 5 heteroatoms. The smallest absolute Gasteiger partial charge is 0.244 e. The fraction of sp³-hybridized carbons (Fsp3) is 0.688. The van der Waals surface area contributed by atoms with Crippen LogP contribution in [-0.4, -0.2) is 48.4 Å². The van der Waals surface area contributed by atoms with Crippen molar-refractivity contribution < 1.29 is 4.79 Å². The summed E-state index contributed by atoms with van der Waals surface area (Å²) in [6.45, 7) is 6.24. The van der Waals surface area contributed by atoms with Crippen molar-refractivity contribution in [2.45, 2.75) is 38.4 Å². The number of amides is 1. The van der Waals surface area contributed by atoms with Crippen LogP contribution in [0.1, 0.15) is 38.4 Å². The molecule has 1 aliphatic carbocycles. The van der Waals surface area contributed by atoms with Gasteiger partial charge in [0.05, 0.1) is 0 Å². The second-order valence-electron chi connectivity index (χ2n) is 7.52. The van der Waals surface area contributed by atoms with Gasteiger partial charge in [0.2, 0.25) is 5.91 Å². The zero-order chi connectivity index (χ0) is 15.3. The van der Waals surface area contributed by atoms with Crippen molar-refractivity contribution in [3.8, 4) is 0 Å². The lowest BCUT2D eigenvalue weighted by Crippen LogP contribution is -2.43. The molecule has 0 bridgehead atoms. The van der Waals surface area contributed by atoms with E-state index in [1.165, 1.54) is 5.56 Å². The standard InChI is InChI=1S/C16H25N3OS/c1-15(2,10-18(3)4)11-19-13(12-5-8-21-9-12)17-16(6-7-16)14(19)20/h5,8-9,13,17H,6-7,10-11H2,1-4H3. The zero-order valence-electron chi connectivity index (χ0n) is 13.3. The van der Waals surface area contributed by atoms with Gasteiger partial charge in [0, 0.05) is 13.1 Å². The minimum Gasteiger partial charge on any atom is -0.321 e. The van der Waals surface area contributed by atoms with Crippen LogP contribution >= 0.6 is 11.3 Å². The van der Waals surface area contributed by atoms with E-state index < -0.39 is 0 Å². The highest BCUT2D eigenvalue weighted by molar-refractivity contribution is 7.07. The number of carbonyl (C=O) groups excluding carboxylic acids is 1. The first-order chi connectivity index (χ1) is 9.83. The summed E-state index contributed by atoms with van der Waals surface area (Å²) in [5.41, 5.74) is 1.05. The van der Waals surface area contributed by atoms with Crippen LogP contribution in [0.15, 0.2) is 16.8 Å². The summed E-state index contributed by atoms with van der Waals surface area (Å²) in [5, 5.41) is 7.83. The molecule has 1 atom stereocenters. The largest absolute Gasteiger partial charge is 0.321 e. The highest BCUT2D eigenvalue weighted by atomic mass is 32.1. The van der Waals surface area contributed by atoms with Gasteiger partial charge < -0.3 is 9.80 Å². The molecule has 0 aromatic carbocycles. The van der Waals surface area contributed by atoms with Crippen LogP contribution < -0.4 is 5.32 Å². The normalized spacial score (nSPS) is 24.3. The Morgan fingerprint density at radius 2 is 2.19 bits per heavy atom. The van der Waals surface area contributed by atoms with Crippen LogP contribution in [0.3, 0.4) is 0 Å². The van der Waals surface area contributed by atoms with Crippen LogP contribution in [0.2, 0.25) is 0 Å². The molecule has 21 heavy (non-hydrogen) atoms. The number of carbonyl (C=O) groups is 1. The van der Waals surface area contributed by atoms with Crippen LogP contribution in [-0.2, 0) is 4.79 Å². The first-order valence-electron chi connectivity index (χ1n) is 7.59. The Balaban J connectivity index is 1.82. The molecule has 1 aromatic rings. The van der Waals surface area contributed by atoms with Crippen molar-refractivity contribution in [2.75, 3.05) is 27.2 Å². The van der Waals surface area contributed by atoms with Crippen molar-refractivity contribution in [2.24, 2.45) is 5.41 Å². The van der Waals surface area contributed by atoms with Crippen molar-refractivity contribution in [3.05, 3.63) is 22.4 Å². The molecule has 0 radical (unpaired) electrons. The van der Waals surface area contributed by atoms with Gasteiger partial charge in [-0.1, -0.05) is 13.8 Å². The lowest BCUT2D eigenvalue weighted by atomic mass is 9.91. The van der Waals surface area contributed by atoms with E-state index in [0.717, 1.165) is 25.9 Å². The highest BCUT2D eigenvalue weighted by Crippen LogP contribution is 2.47. The number of nitrogens with zero attached hydrogens (tertiary/aromatic N) is 2. The van der Waals surface area contributed by atoms with Gasteiger partial charge in [-0.2, -0.15) is 11.3 Å². The average molecular weight is 307 g/mol. The van der Waals surface area contributed by atoms with Gasteiger partial charge in [-0.05, 0) is 54.7 Å². The molecule has 1 aliphatic heterocycles. The minimum atomic E-state index is -0.249. The predicted octanol–water partition coefficient (Wildman–Crippen LogP) is 2.30. The van der Waals surface area contributed by atoms with Crippen molar-refractivity contribution in [1.82, 2.24) is 15.1 Å². The molecule has 1 unspecified atom stereocenters. The van der Waals surface area contributed by atoms with E-state index in [1.54, 1.807) is 11.3 Å². The van der Waals surface area contributed by atoms with Crippen LogP contribution in [0, 0.1) is 5.41 Å². The molecule has 1 aromatic heterocycles. The number of hydrogen-bond acceptors (Lipinski definition) is 4. The summed E-state index contributed by atoms with van der Waals surface area (Å²) < 4.78 is 0. The highest BCUT2D eigenvalue weighted by Gasteiger charge is 2.59. The third-order valence-corrected chi connectivity index (χ3v) is 5.05. The molecule has 4 nitrogen and oxygen atoms in total. The van der Waals surface area contributed by atoms with Crippen LogP contribution in [0.4, 0.5) is 0 Å². The predicted molar refractivity (Wildman–Crippen MR) is 86.2 cm³/mol. The first kappa shape index (κ1) is 15.0. The molecule has 2 heterocycles. The van der Waals surface area contributed by atoms with Gasteiger partial charge in [0.25, 0.3) is 0 Å². The van der Waals surface area contributed by atoms with E-state index >= 15 is 0 Å². The summed E-state index contributed by atoms with van der Waals surface area (Å²) in [6, 6.07) is 2.13. The van der Waals surface area contributed by atoms with E-state index in [0.29, 0.717) is 5.91 Å². The second-order valence-corrected chi connectivity index (χ2v) is 8.30. The first-order valence-corrected chi connectivity index (χ1v) is 8.53. The zero-order valence-corrected chi connectivity index (χ0v) is 14.2. The monoisotopic (exact) mass is 307 g/mol. The molecule has 1 spiro atoms. The molecule has 1 amide bonds. The van der Waals surface area contributed by atoms with E-state index in [4.69, 9.17) is 0 Å². The van der Waals surface area contributed by atoms with Crippen LogP contribution in [0.5, 0.6) is 0 Å². The summed E-state index contributed by atoms with van der Waals surface area (Å²) >= 11 is 1.69. The molecule has 2 aliphatic rings. The molecule has 1 saturated carbocycles. The Bertz CT molecular complexity index is 520. The summed E-state index contributed by atoms with van der Waals surface area (Å²) in [4.78, 5) is 17.1. The van der Waals surface area contributed by atoms with Gasteiger partial charge in [0.15, 0.2) is 0 Å². The van der Waals surface area contributed by atoms with Crippen molar-refractivity contribution in [3.63, 3.8) is 0 Å². The molecular formula is C16H25N3OS. The third kappa shape index (κ3) is 2.87. The maximum Gasteiger partial charge on any atom is 0.244 e. The topological polar surface area (TPSA) is 35.6 Å². The SMILES string of the molecule is CN(C)CC(C)(C)CN1C(=O)C2(CC2)NC1c1ccsc1. The Morgan fingerprint density at radius 3 is 2.71 bits per heavy atom. The summed E-state index contributed by atoms with van der Waals surface area (Å²) in [6.07, 6.45) is 2.02. The third-order valence-electron chi connectivity index (χ3n) is 4.35. The van der Waals surface area contributed by atoms with E-state index in [2.05, 4.69) is 59.9 Å². The second kappa shape index (κ2) is 5.07.